The van der Waals surface area contributed by atoms with Gasteiger partial charge < -0.3 is 10.4 Å². The molecule has 5 heteroatoms. The van der Waals surface area contributed by atoms with Crippen LogP contribution in [0.25, 0.3) is 0 Å². The Hall–Kier alpha value is -2.17. The molecule has 0 aromatic heterocycles. The number of ketones is 1. The Bertz CT molecular complexity index is 512. The van der Waals surface area contributed by atoms with Crippen molar-refractivity contribution in [3.05, 3.63) is 35.9 Å². The molecule has 5 nitrogen and oxygen atoms in total. The summed E-state index contributed by atoms with van der Waals surface area (Å²) in [6.45, 7) is 3.18. The zero-order valence-electron chi connectivity index (χ0n) is 12.4. The minimum absolute atomic E-state index is 0.0140. The number of aliphatic carboxylic acids is 1. The van der Waals surface area contributed by atoms with E-state index >= 15 is 0 Å². The van der Waals surface area contributed by atoms with Crippen molar-refractivity contribution in [2.24, 2.45) is 0 Å². The molecular weight excluding hydrogens is 270 g/mol. The highest BCUT2D eigenvalue weighted by atomic mass is 16.4. The largest absolute Gasteiger partial charge is 0.480 e. The lowest BCUT2D eigenvalue weighted by Crippen LogP contribution is -2.51. The van der Waals surface area contributed by atoms with Crippen LogP contribution in [0.1, 0.15) is 49.9 Å². The highest BCUT2D eigenvalue weighted by Gasteiger charge is 2.32. The van der Waals surface area contributed by atoms with Gasteiger partial charge in [0, 0.05) is 18.4 Å². The van der Waals surface area contributed by atoms with E-state index < -0.39 is 11.5 Å². The Labute approximate surface area is 124 Å². The molecule has 0 heterocycles. The molecule has 114 valence electrons. The Morgan fingerprint density at radius 2 is 1.76 bits per heavy atom. The third-order valence-electron chi connectivity index (χ3n) is 3.50. The standard InChI is InChI=1S/C16H21NO4/c1-3-16(2,15(20)21)17-14(19)11-7-10-13(18)12-8-5-4-6-9-12/h4-6,8-9H,3,7,10-11H2,1-2H3,(H,17,19)(H,20,21). The van der Waals surface area contributed by atoms with Crippen LogP contribution in [0.2, 0.25) is 0 Å². The molecule has 1 amide bonds. The van der Waals surface area contributed by atoms with Gasteiger partial charge in [0.25, 0.3) is 0 Å². The van der Waals surface area contributed by atoms with Crippen molar-refractivity contribution in [2.45, 2.75) is 45.1 Å². The highest BCUT2D eigenvalue weighted by Crippen LogP contribution is 2.11. The first kappa shape index (κ1) is 16.9. The summed E-state index contributed by atoms with van der Waals surface area (Å²) in [7, 11) is 0. The maximum Gasteiger partial charge on any atom is 0.329 e. The summed E-state index contributed by atoms with van der Waals surface area (Å²) in [5.41, 5.74) is -0.623. The van der Waals surface area contributed by atoms with Crippen LogP contribution in [0.15, 0.2) is 30.3 Å². The first-order valence-electron chi connectivity index (χ1n) is 7.01. The third kappa shape index (κ3) is 5.02. The van der Waals surface area contributed by atoms with Gasteiger partial charge in [-0.25, -0.2) is 4.79 Å². The summed E-state index contributed by atoms with van der Waals surface area (Å²) in [5, 5.41) is 11.6. The number of rotatable bonds is 8. The lowest BCUT2D eigenvalue weighted by molar-refractivity contribution is -0.147. The van der Waals surface area contributed by atoms with Crippen LogP contribution in [0.4, 0.5) is 0 Å². The molecule has 1 rings (SSSR count). The molecular formula is C16H21NO4. The van der Waals surface area contributed by atoms with Crippen LogP contribution in [-0.4, -0.2) is 28.3 Å². The van der Waals surface area contributed by atoms with E-state index in [1.165, 1.54) is 6.92 Å². The lowest BCUT2D eigenvalue weighted by atomic mass is 9.98. The summed E-state index contributed by atoms with van der Waals surface area (Å²) in [5.74, 6) is -1.42. The van der Waals surface area contributed by atoms with Crippen molar-refractivity contribution in [1.29, 1.82) is 0 Å². The van der Waals surface area contributed by atoms with E-state index in [9.17, 15) is 14.4 Å². The van der Waals surface area contributed by atoms with E-state index in [0.29, 0.717) is 18.4 Å². The molecule has 0 bridgehead atoms. The van der Waals surface area contributed by atoms with Gasteiger partial charge in [0.2, 0.25) is 5.91 Å². The van der Waals surface area contributed by atoms with Gasteiger partial charge >= 0.3 is 5.97 Å². The predicted octanol–water partition coefficient (Wildman–Crippen LogP) is 2.41. The molecule has 0 aliphatic carbocycles. The van der Waals surface area contributed by atoms with E-state index in [0.717, 1.165) is 0 Å². The Morgan fingerprint density at radius 1 is 1.14 bits per heavy atom. The quantitative estimate of drug-likeness (QED) is 0.720. The monoisotopic (exact) mass is 291 g/mol. The summed E-state index contributed by atoms with van der Waals surface area (Å²) in [6.07, 6.45) is 1.12. The van der Waals surface area contributed by atoms with E-state index in [4.69, 9.17) is 5.11 Å². The summed E-state index contributed by atoms with van der Waals surface area (Å²) < 4.78 is 0. The number of carboxylic acid groups (broad SMARTS) is 1. The van der Waals surface area contributed by atoms with Gasteiger partial charge in [0.05, 0.1) is 0 Å². The number of carbonyl (C=O) groups is 3. The van der Waals surface area contributed by atoms with Crippen LogP contribution in [0.3, 0.4) is 0 Å². The van der Waals surface area contributed by atoms with Crippen molar-refractivity contribution in [3.63, 3.8) is 0 Å². The number of carbonyl (C=O) groups excluding carboxylic acids is 2. The fraction of sp³-hybridized carbons (Fsp3) is 0.438. The molecule has 0 saturated carbocycles. The molecule has 21 heavy (non-hydrogen) atoms. The van der Waals surface area contributed by atoms with Crippen molar-refractivity contribution in [2.75, 3.05) is 0 Å². The van der Waals surface area contributed by atoms with E-state index in [2.05, 4.69) is 5.32 Å². The molecule has 1 aromatic rings. The second kappa shape index (κ2) is 7.57. The fourth-order valence-corrected chi connectivity index (χ4v) is 1.84. The van der Waals surface area contributed by atoms with E-state index in [1.807, 2.05) is 6.07 Å². The van der Waals surface area contributed by atoms with Crippen LogP contribution < -0.4 is 5.32 Å². The van der Waals surface area contributed by atoms with Gasteiger partial charge in [0.15, 0.2) is 5.78 Å². The third-order valence-corrected chi connectivity index (χ3v) is 3.50. The maximum absolute atomic E-state index is 11.8. The molecule has 0 spiro atoms. The summed E-state index contributed by atoms with van der Waals surface area (Å²) in [4.78, 5) is 34.7. The van der Waals surface area contributed by atoms with E-state index in [-0.39, 0.29) is 24.5 Å². The minimum Gasteiger partial charge on any atom is -0.480 e. The Morgan fingerprint density at radius 3 is 2.29 bits per heavy atom. The smallest absolute Gasteiger partial charge is 0.329 e. The van der Waals surface area contributed by atoms with Gasteiger partial charge in [-0.2, -0.15) is 0 Å². The average Bonchev–Trinajstić information content (AvgIpc) is 2.47. The fourth-order valence-electron chi connectivity index (χ4n) is 1.84. The molecule has 1 atom stereocenters. The van der Waals surface area contributed by atoms with Crippen molar-refractivity contribution in [3.8, 4) is 0 Å². The highest BCUT2D eigenvalue weighted by molar-refractivity contribution is 5.96. The molecule has 0 fully saturated rings. The number of carboxylic acids is 1. The molecule has 0 aliphatic heterocycles. The summed E-state index contributed by atoms with van der Waals surface area (Å²) >= 11 is 0. The molecule has 2 N–H and O–H groups in total. The number of nitrogens with one attached hydrogen (secondary N) is 1. The zero-order chi connectivity index (χ0) is 15.9. The number of benzene rings is 1. The predicted molar refractivity (Wildman–Crippen MR) is 79.1 cm³/mol. The van der Waals surface area contributed by atoms with Crippen molar-refractivity contribution < 1.29 is 19.5 Å². The number of hydrogen-bond acceptors (Lipinski definition) is 3. The SMILES string of the molecule is CCC(C)(NC(=O)CCCC(=O)c1ccccc1)C(=O)O. The average molecular weight is 291 g/mol. The minimum atomic E-state index is -1.25. The van der Waals surface area contributed by atoms with Crippen LogP contribution >= 0.6 is 0 Å². The molecule has 1 unspecified atom stereocenters. The molecule has 1 aromatic carbocycles. The first-order valence-corrected chi connectivity index (χ1v) is 7.01. The summed E-state index contributed by atoms with van der Waals surface area (Å²) in [6, 6.07) is 8.89. The number of hydrogen-bond donors (Lipinski definition) is 2. The molecule has 0 radical (unpaired) electrons. The van der Waals surface area contributed by atoms with Gasteiger partial charge in [-0.3, -0.25) is 9.59 Å². The zero-order valence-corrected chi connectivity index (χ0v) is 12.4. The molecule has 0 aliphatic rings. The molecule has 0 saturated heterocycles. The van der Waals surface area contributed by atoms with E-state index in [1.54, 1.807) is 31.2 Å². The van der Waals surface area contributed by atoms with Crippen LogP contribution in [0, 0.1) is 0 Å². The normalized spacial score (nSPS) is 13.2. The van der Waals surface area contributed by atoms with Crippen LogP contribution in [-0.2, 0) is 9.59 Å². The van der Waals surface area contributed by atoms with Crippen LogP contribution in [0.5, 0.6) is 0 Å². The van der Waals surface area contributed by atoms with Crippen molar-refractivity contribution in [1.82, 2.24) is 5.32 Å². The second-order valence-corrected chi connectivity index (χ2v) is 5.18. The van der Waals surface area contributed by atoms with Crippen molar-refractivity contribution >= 4 is 17.7 Å². The van der Waals surface area contributed by atoms with Gasteiger partial charge in [0.1, 0.15) is 5.54 Å². The van der Waals surface area contributed by atoms with Gasteiger partial charge in [-0.05, 0) is 19.8 Å². The number of Topliss-reactive ketones (excluding diaryl/α,β-unsaturated/α-hetero) is 1. The Balaban J connectivity index is 2.41. The van der Waals surface area contributed by atoms with Gasteiger partial charge in [-0.1, -0.05) is 37.3 Å². The number of amides is 1. The topological polar surface area (TPSA) is 83.5 Å². The lowest BCUT2D eigenvalue weighted by Gasteiger charge is -2.24. The Kier molecular flexibility index (Phi) is 6.09. The second-order valence-electron chi connectivity index (χ2n) is 5.18. The first-order chi connectivity index (χ1) is 9.89. The van der Waals surface area contributed by atoms with Gasteiger partial charge in [-0.15, -0.1) is 0 Å². The maximum atomic E-state index is 11.8.